The Kier molecular flexibility index (Phi) is 3.03. The van der Waals surface area contributed by atoms with Gasteiger partial charge in [0.2, 0.25) is 0 Å². The molecule has 92 valence electrons. The standard InChI is InChI=1S/C17H17Br/c1-3-12-13(4-2)17(18)10-16-14-8-6-5-7-11(14)9-15(12)16/h5-8,10H,3-4,9H2,1-2H3. The van der Waals surface area contributed by atoms with Crippen LogP contribution in [0.5, 0.6) is 0 Å². The molecular formula is C17H17Br. The second kappa shape index (κ2) is 4.55. The fourth-order valence-electron chi connectivity index (χ4n) is 3.17. The lowest BCUT2D eigenvalue weighted by Crippen LogP contribution is -1.99. The minimum Gasteiger partial charge on any atom is -0.0619 e. The van der Waals surface area contributed by atoms with Gasteiger partial charge in [0.15, 0.2) is 0 Å². The van der Waals surface area contributed by atoms with Crippen molar-refractivity contribution in [3.8, 4) is 11.1 Å². The maximum Gasteiger partial charge on any atom is 0.0216 e. The van der Waals surface area contributed by atoms with Crippen LogP contribution in [0.1, 0.15) is 36.1 Å². The van der Waals surface area contributed by atoms with E-state index in [0.717, 1.165) is 19.3 Å². The molecule has 0 aliphatic heterocycles. The van der Waals surface area contributed by atoms with Crippen LogP contribution in [0.25, 0.3) is 11.1 Å². The fourth-order valence-corrected chi connectivity index (χ4v) is 3.92. The monoisotopic (exact) mass is 300 g/mol. The summed E-state index contributed by atoms with van der Waals surface area (Å²) in [5.41, 5.74) is 8.93. The fraction of sp³-hybridized carbons (Fsp3) is 0.294. The molecule has 2 aromatic rings. The van der Waals surface area contributed by atoms with E-state index in [9.17, 15) is 0 Å². The first-order valence-electron chi connectivity index (χ1n) is 6.67. The largest absolute Gasteiger partial charge is 0.0619 e. The highest BCUT2D eigenvalue weighted by Crippen LogP contribution is 2.42. The van der Waals surface area contributed by atoms with Gasteiger partial charge < -0.3 is 0 Å². The zero-order valence-corrected chi connectivity index (χ0v) is 12.5. The van der Waals surface area contributed by atoms with Gasteiger partial charge in [0.25, 0.3) is 0 Å². The van der Waals surface area contributed by atoms with Crippen molar-refractivity contribution in [3.05, 3.63) is 57.1 Å². The molecule has 0 saturated carbocycles. The summed E-state index contributed by atoms with van der Waals surface area (Å²) < 4.78 is 1.28. The molecule has 0 N–H and O–H groups in total. The van der Waals surface area contributed by atoms with E-state index in [-0.39, 0.29) is 0 Å². The van der Waals surface area contributed by atoms with Gasteiger partial charge >= 0.3 is 0 Å². The van der Waals surface area contributed by atoms with E-state index >= 15 is 0 Å². The van der Waals surface area contributed by atoms with Crippen LogP contribution in [0.15, 0.2) is 34.8 Å². The lowest BCUT2D eigenvalue weighted by Gasteiger charge is -2.14. The Morgan fingerprint density at radius 2 is 1.72 bits per heavy atom. The zero-order chi connectivity index (χ0) is 12.7. The predicted octanol–water partition coefficient (Wildman–Crippen LogP) is 5.15. The van der Waals surface area contributed by atoms with E-state index < -0.39 is 0 Å². The molecule has 0 unspecified atom stereocenters. The van der Waals surface area contributed by atoms with Crippen molar-refractivity contribution in [1.29, 1.82) is 0 Å². The molecule has 1 aliphatic rings. The lowest BCUT2D eigenvalue weighted by molar-refractivity contribution is 1.000. The van der Waals surface area contributed by atoms with Gasteiger partial charge in [0.1, 0.15) is 0 Å². The highest BCUT2D eigenvalue weighted by molar-refractivity contribution is 9.10. The molecule has 1 aliphatic carbocycles. The molecule has 0 aromatic heterocycles. The highest BCUT2D eigenvalue weighted by Gasteiger charge is 2.23. The molecule has 18 heavy (non-hydrogen) atoms. The second-order valence-corrected chi connectivity index (χ2v) is 5.74. The quantitative estimate of drug-likeness (QED) is 0.614. The number of benzene rings is 2. The first kappa shape index (κ1) is 12.0. The summed E-state index contributed by atoms with van der Waals surface area (Å²) in [7, 11) is 0. The first-order chi connectivity index (χ1) is 8.76. The molecule has 0 saturated heterocycles. The van der Waals surface area contributed by atoms with Gasteiger partial charge in [-0.25, -0.2) is 0 Å². The van der Waals surface area contributed by atoms with E-state index in [1.165, 1.54) is 26.7 Å². The topological polar surface area (TPSA) is 0 Å². The van der Waals surface area contributed by atoms with Gasteiger partial charge in [-0.15, -0.1) is 0 Å². The van der Waals surface area contributed by atoms with E-state index in [2.05, 4.69) is 60.1 Å². The predicted molar refractivity (Wildman–Crippen MR) is 81.1 cm³/mol. The lowest BCUT2D eigenvalue weighted by atomic mass is 9.93. The third-order valence-corrected chi connectivity index (χ3v) is 4.70. The average molecular weight is 301 g/mol. The van der Waals surface area contributed by atoms with Gasteiger partial charge in [-0.2, -0.15) is 0 Å². The van der Waals surface area contributed by atoms with Crippen LogP contribution < -0.4 is 0 Å². The third kappa shape index (κ3) is 1.65. The van der Waals surface area contributed by atoms with Crippen LogP contribution in [0.3, 0.4) is 0 Å². The minimum atomic E-state index is 1.10. The second-order valence-electron chi connectivity index (χ2n) is 4.88. The van der Waals surface area contributed by atoms with Gasteiger partial charge in [0.05, 0.1) is 0 Å². The Hall–Kier alpha value is -1.08. The molecule has 0 fully saturated rings. The molecule has 0 bridgehead atoms. The Labute approximate surface area is 117 Å². The third-order valence-electron chi connectivity index (χ3n) is 3.99. The highest BCUT2D eigenvalue weighted by atomic mass is 79.9. The molecule has 0 nitrogen and oxygen atoms in total. The first-order valence-corrected chi connectivity index (χ1v) is 7.47. The molecule has 0 radical (unpaired) electrons. The number of fused-ring (bicyclic) bond motifs is 3. The van der Waals surface area contributed by atoms with Crippen molar-refractivity contribution < 1.29 is 0 Å². The zero-order valence-electron chi connectivity index (χ0n) is 10.9. The summed E-state index contributed by atoms with van der Waals surface area (Å²) in [6, 6.07) is 11.1. The van der Waals surface area contributed by atoms with Crippen molar-refractivity contribution in [2.45, 2.75) is 33.1 Å². The summed E-state index contributed by atoms with van der Waals surface area (Å²) in [6.45, 7) is 4.51. The van der Waals surface area contributed by atoms with Crippen LogP contribution in [-0.2, 0) is 19.3 Å². The summed E-state index contributed by atoms with van der Waals surface area (Å²) in [5.74, 6) is 0. The number of halogens is 1. The number of hydrogen-bond acceptors (Lipinski definition) is 0. The molecule has 1 heteroatoms. The Morgan fingerprint density at radius 3 is 2.44 bits per heavy atom. The Bertz CT molecular complexity index is 611. The maximum absolute atomic E-state index is 3.75. The van der Waals surface area contributed by atoms with Crippen molar-refractivity contribution in [1.82, 2.24) is 0 Å². The number of hydrogen-bond donors (Lipinski definition) is 0. The molecule has 2 aromatic carbocycles. The van der Waals surface area contributed by atoms with Crippen molar-refractivity contribution in [2.75, 3.05) is 0 Å². The molecule has 0 amide bonds. The maximum atomic E-state index is 3.75. The van der Waals surface area contributed by atoms with Crippen LogP contribution in [-0.4, -0.2) is 0 Å². The van der Waals surface area contributed by atoms with Gasteiger partial charge in [0, 0.05) is 4.47 Å². The normalized spacial score (nSPS) is 12.4. The smallest absolute Gasteiger partial charge is 0.0216 e. The molecule has 0 spiro atoms. The van der Waals surface area contributed by atoms with E-state index in [1.807, 2.05) is 0 Å². The summed E-state index contributed by atoms with van der Waals surface area (Å²) in [6.07, 6.45) is 3.33. The SMILES string of the molecule is CCc1c(Br)cc2c(c1CC)Cc1ccccc1-2. The van der Waals surface area contributed by atoms with Crippen LogP contribution in [0.2, 0.25) is 0 Å². The summed E-state index contributed by atoms with van der Waals surface area (Å²) in [5, 5.41) is 0. The van der Waals surface area contributed by atoms with Crippen molar-refractivity contribution >= 4 is 15.9 Å². The van der Waals surface area contributed by atoms with Gasteiger partial charge in [-0.1, -0.05) is 54.0 Å². The Balaban J connectivity index is 2.29. The van der Waals surface area contributed by atoms with Crippen molar-refractivity contribution in [2.24, 2.45) is 0 Å². The number of rotatable bonds is 2. The van der Waals surface area contributed by atoms with Crippen LogP contribution >= 0.6 is 15.9 Å². The van der Waals surface area contributed by atoms with Crippen molar-refractivity contribution in [3.63, 3.8) is 0 Å². The molecule has 0 heterocycles. The van der Waals surface area contributed by atoms with Gasteiger partial charge in [-0.05, 0) is 58.7 Å². The van der Waals surface area contributed by atoms with E-state index in [4.69, 9.17) is 0 Å². The average Bonchev–Trinajstić information content (AvgIpc) is 2.75. The van der Waals surface area contributed by atoms with E-state index in [1.54, 1.807) is 11.1 Å². The van der Waals surface area contributed by atoms with Gasteiger partial charge in [-0.3, -0.25) is 0 Å². The Morgan fingerprint density at radius 1 is 1.00 bits per heavy atom. The minimum absolute atomic E-state index is 1.10. The summed E-state index contributed by atoms with van der Waals surface area (Å²) >= 11 is 3.75. The van der Waals surface area contributed by atoms with Crippen LogP contribution in [0, 0.1) is 0 Å². The molecule has 3 rings (SSSR count). The molecule has 0 atom stereocenters. The molecular weight excluding hydrogens is 284 g/mol. The summed E-state index contributed by atoms with van der Waals surface area (Å²) in [4.78, 5) is 0. The van der Waals surface area contributed by atoms with E-state index in [0.29, 0.717) is 0 Å². The van der Waals surface area contributed by atoms with Crippen LogP contribution in [0.4, 0.5) is 0 Å².